The van der Waals surface area contributed by atoms with E-state index in [0.29, 0.717) is 6.54 Å². The Morgan fingerprint density at radius 3 is 2.75 bits per heavy atom. The maximum atomic E-state index is 12.1. The Bertz CT molecular complexity index is 565. The van der Waals surface area contributed by atoms with E-state index in [2.05, 4.69) is 6.58 Å². The molecule has 4 heteroatoms. The van der Waals surface area contributed by atoms with Gasteiger partial charge in [-0.2, -0.15) is 0 Å². The van der Waals surface area contributed by atoms with Gasteiger partial charge in [-0.15, -0.1) is 6.58 Å². The summed E-state index contributed by atoms with van der Waals surface area (Å²) < 4.78 is 0. The number of carbonyl (C=O) groups is 2. The fraction of sp³-hybridized carbons (Fsp3) is 0.375. The average Bonchev–Trinajstić information content (AvgIpc) is 2.68. The van der Waals surface area contributed by atoms with Crippen LogP contribution in [-0.2, 0) is 9.59 Å². The Kier molecular flexibility index (Phi) is 3.93. The molecule has 1 aromatic rings. The number of rotatable bonds is 4. The summed E-state index contributed by atoms with van der Waals surface area (Å²) >= 11 is 0. The van der Waals surface area contributed by atoms with Crippen LogP contribution in [-0.4, -0.2) is 28.4 Å². The monoisotopic (exact) mass is 273 g/mol. The van der Waals surface area contributed by atoms with Crippen molar-refractivity contribution >= 4 is 11.9 Å². The highest BCUT2D eigenvalue weighted by atomic mass is 16.4. The van der Waals surface area contributed by atoms with E-state index in [0.717, 1.165) is 16.7 Å². The zero-order chi connectivity index (χ0) is 14.9. The standard InChI is InChI=1S/C16H19NO3/c1-4-7-17-14(18)9-13(16(19)20)15(17)12-6-5-10(2)8-11(12)3/h4-6,8,13,15H,1,7,9H2,2-3H3,(H,19,20). The fourth-order valence-electron chi connectivity index (χ4n) is 2.91. The van der Waals surface area contributed by atoms with Gasteiger partial charge in [0.1, 0.15) is 0 Å². The molecule has 1 N–H and O–H groups in total. The van der Waals surface area contributed by atoms with Gasteiger partial charge in [0.05, 0.1) is 12.0 Å². The van der Waals surface area contributed by atoms with Crippen LogP contribution < -0.4 is 0 Å². The molecule has 1 aliphatic rings. The van der Waals surface area contributed by atoms with E-state index in [-0.39, 0.29) is 12.3 Å². The van der Waals surface area contributed by atoms with E-state index in [1.54, 1.807) is 11.0 Å². The van der Waals surface area contributed by atoms with Crippen LogP contribution in [0, 0.1) is 19.8 Å². The maximum absolute atomic E-state index is 12.1. The molecular weight excluding hydrogens is 254 g/mol. The van der Waals surface area contributed by atoms with Crippen LogP contribution in [0.3, 0.4) is 0 Å². The summed E-state index contributed by atoms with van der Waals surface area (Å²) in [4.78, 5) is 25.1. The highest BCUT2D eigenvalue weighted by Crippen LogP contribution is 2.39. The zero-order valence-corrected chi connectivity index (χ0v) is 11.8. The van der Waals surface area contributed by atoms with Crippen molar-refractivity contribution < 1.29 is 14.7 Å². The number of carboxylic acids is 1. The van der Waals surface area contributed by atoms with Crippen LogP contribution >= 0.6 is 0 Å². The van der Waals surface area contributed by atoms with Gasteiger partial charge in [-0.25, -0.2) is 0 Å². The smallest absolute Gasteiger partial charge is 0.309 e. The third kappa shape index (κ3) is 2.46. The van der Waals surface area contributed by atoms with Crippen molar-refractivity contribution in [2.75, 3.05) is 6.54 Å². The van der Waals surface area contributed by atoms with Gasteiger partial charge < -0.3 is 10.0 Å². The molecule has 1 saturated heterocycles. The zero-order valence-electron chi connectivity index (χ0n) is 11.8. The van der Waals surface area contributed by atoms with Gasteiger partial charge >= 0.3 is 5.97 Å². The molecule has 1 heterocycles. The summed E-state index contributed by atoms with van der Waals surface area (Å²) in [7, 11) is 0. The number of amides is 1. The number of hydrogen-bond acceptors (Lipinski definition) is 2. The number of hydrogen-bond donors (Lipinski definition) is 1. The van der Waals surface area contributed by atoms with E-state index in [4.69, 9.17) is 0 Å². The first-order chi connectivity index (χ1) is 9.45. The molecule has 1 aliphatic heterocycles. The van der Waals surface area contributed by atoms with Crippen molar-refractivity contribution in [3.05, 3.63) is 47.5 Å². The SMILES string of the molecule is C=CCN1C(=O)CC(C(=O)O)C1c1ccc(C)cc1C. The highest BCUT2D eigenvalue weighted by molar-refractivity contribution is 5.87. The molecular formula is C16H19NO3. The van der Waals surface area contributed by atoms with Crippen molar-refractivity contribution in [2.45, 2.75) is 26.3 Å². The Morgan fingerprint density at radius 2 is 2.20 bits per heavy atom. The largest absolute Gasteiger partial charge is 0.481 e. The topological polar surface area (TPSA) is 57.6 Å². The van der Waals surface area contributed by atoms with E-state index >= 15 is 0 Å². The molecule has 0 radical (unpaired) electrons. The van der Waals surface area contributed by atoms with E-state index in [1.807, 2.05) is 32.0 Å². The first-order valence-corrected chi connectivity index (χ1v) is 6.66. The average molecular weight is 273 g/mol. The second kappa shape index (κ2) is 5.49. The molecule has 2 atom stereocenters. The first-order valence-electron chi connectivity index (χ1n) is 6.66. The minimum atomic E-state index is -0.921. The first kappa shape index (κ1) is 14.3. The lowest BCUT2D eigenvalue weighted by Gasteiger charge is -2.27. The van der Waals surface area contributed by atoms with Crippen molar-refractivity contribution in [1.29, 1.82) is 0 Å². The number of nitrogens with zero attached hydrogens (tertiary/aromatic N) is 1. The Hall–Kier alpha value is -2.10. The van der Waals surface area contributed by atoms with Crippen molar-refractivity contribution in [3.63, 3.8) is 0 Å². The maximum Gasteiger partial charge on any atom is 0.309 e. The molecule has 0 aliphatic carbocycles. The predicted molar refractivity (Wildman–Crippen MR) is 76.3 cm³/mol. The van der Waals surface area contributed by atoms with Gasteiger partial charge in [-0.1, -0.05) is 29.8 Å². The van der Waals surface area contributed by atoms with Gasteiger partial charge in [0.25, 0.3) is 0 Å². The Morgan fingerprint density at radius 1 is 1.50 bits per heavy atom. The molecule has 0 spiro atoms. The Labute approximate surface area is 118 Å². The van der Waals surface area contributed by atoms with Crippen LogP contribution in [0.5, 0.6) is 0 Å². The normalized spacial score (nSPS) is 22.1. The molecule has 0 aromatic heterocycles. The fourth-order valence-corrected chi connectivity index (χ4v) is 2.91. The highest BCUT2D eigenvalue weighted by Gasteiger charge is 2.44. The molecule has 1 amide bonds. The van der Waals surface area contributed by atoms with Crippen molar-refractivity contribution in [2.24, 2.45) is 5.92 Å². The predicted octanol–water partition coefficient (Wildman–Crippen LogP) is 2.46. The number of aryl methyl sites for hydroxylation is 2. The van der Waals surface area contributed by atoms with Gasteiger partial charge in [0.2, 0.25) is 5.91 Å². The quantitative estimate of drug-likeness (QED) is 0.857. The molecule has 1 fully saturated rings. The lowest BCUT2D eigenvalue weighted by Crippen LogP contribution is -2.31. The molecule has 2 unspecified atom stereocenters. The molecule has 2 rings (SSSR count). The third-order valence-corrected chi connectivity index (χ3v) is 3.82. The summed E-state index contributed by atoms with van der Waals surface area (Å²) in [5, 5.41) is 9.39. The third-order valence-electron chi connectivity index (χ3n) is 3.82. The van der Waals surface area contributed by atoms with Crippen LogP contribution in [0.15, 0.2) is 30.9 Å². The van der Waals surface area contributed by atoms with Crippen molar-refractivity contribution in [3.8, 4) is 0 Å². The van der Waals surface area contributed by atoms with Gasteiger partial charge in [-0.3, -0.25) is 9.59 Å². The number of aliphatic carboxylic acids is 1. The van der Waals surface area contributed by atoms with Crippen LogP contribution in [0.25, 0.3) is 0 Å². The molecule has 1 aromatic carbocycles. The second-order valence-electron chi connectivity index (χ2n) is 5.29. The Balaban J connectivity index is 2.48. The number of benzene rings is 1. The lowest BCUT2D eigenvalue weighted by atomic mass is 9.90. The summed E-state index contributed by atoms with van der Waals surface area (Å²) in [5.74, 6) is -1.74. The van der Waals surface area contributed by atoms with Crippen LogP contribution in [0.2, 0.25) is 0 Å². The van der Waals surface area contributed by atoms with E-state index < -0.39 is 17.9 Å². The number of carbonyl (C=O) groups excluding carboxylic acids is 1. The van der Waals surface area contributed by atoms with Crippen molar-refractivity contribution in [1.82, 2.24) is 4.90 Å². The second-order valence-corrected chi connectivity index (χ2v) is 5.29. The van der Waals surface area contributed by atoms with Gasteiger partial charge in [0.15, 0.2) is 0 Å². The van der Waals surface area contributed by atoms with Gasteiger partial charge in [0, 0.05) is 13.0 Å². The minimum Gasteiger partial charge on any atom is -0.481 e. The lowest BCUT2D eigenvalue weighted by molar-refractivity contribution is -0.142. The summed E-state index contributed by atoms with van der Waals surface area (Å²) in [6, 6.07) is 5.50. The summed E-state index contributed by atoms with van der Waals surface area (Å²) in [6.07, 6.45) is 1.69. The number of carboxylic acid groups (broad SMARTS) is 1. The molecule has 0 bridgehead atoms. The summed E-state index contributed by atoms with van der Waals surface area (Å²) in [5.41, 5.74) is 3.05. The van der Waals surface area contributed by atoms with Crippen LogP contribution in [0.4, 0.5) is 0 Å². The summed E-state index contributed by atoms with van der Waals surface area (Å²) in [6.45, 7) is 7.97. The number of likely N-dealkylation sites (tertiary alicyclic amines) is 1. The van der Waals surface area contributed by atoms with Crippen LogP contribution in [0.1, 0.15) is 29.2 Å². The van der Waals surface area contributed by atoms with E-state index in [9.17, 15) is 14.7 Å². The minimum absolute atomic E-state index is 0.0567. The molecule has 20 heavy (non-hydrogen) atoms. The van der Waals surface area contributed by atoms with E-state index in [1.165, 1.54) is 0 Å². The molecule has 106 valence electrons. The molecule has 0 saturated carbocycles. The van der Waals surface area contributed by atoms with Gasteiger partial charge in [-0.05, 0) is 25.0 Å². The molecule has 4 nitrogen and oxygen atoms in total.